The van der Waals surface area contributed by atoms with Crippen LogP contribution in [0.25, 0.3) is 0 Å². The van der Waals surface area contributed by atoms with Gasteiger partial charge in [-0.1, -0.05) is 27.2 Å². The molecule has 0 aromatic carbocycles. The summed E-state index contributed by atoms with van der Waals surface area (Å²) in [6, 6.07) is 0.278. The molecule has 0 aliphatic heterocycles. The maximum absolute atomic E-state index is 11.5. The highest BCUT2D eigenvalue weighted by atomic mass is 16.2. The van der Waals surface area contributed by atoms with Crippen molar-refractivity contribution >= 4 is 11.7 Å². The molecule has 0 bridgehead atoms. The third-order valence-corrected chi connectivity index (χ3v) is 4.52. The normalized spacial score (nSPS) is 24.7. The van der Waals surface area contributed by atoms with Crippen LogP contribution in [0.2, 0.25) is 0 Å². The van der Waals surface area contributed by atoms with E-state index < -0.39 is 0 Å². The second-order valence-corrected chi connectivity index (χ2v) is 6.34. The van der Waals surface area contributed by atoms with E-state index in [4.69, 9.17) is 0 Å². The maximum Gasteiger partial charge on any atom is 0.227 e. The van der Waals surface area contributed by atoms with Crippen LogP contribution in [0.5, 0.6) is 0 Å². The number of carbonyl (C=O) groups is 2. The SMILES string of the molecule is CCC(C)(C)C1CCC(NC(=O)CC(C)=O)CC1. The Kier molecular flexibility index (Phi) is 5.36. The zero-order valence-electron chi connectivity index (χ0n) is 12.2. The molecule has 0 radical (unpaired) electrons. The van der Waals surface area contributed by atoms with Crippen molar-refractivity contribution in [3.63, 3.8) is 0 Å². The van der Waals surface area contributed by atoms with Crippen LogP contribution in [0.4, 0.5) is 0 Å². The van der Waals surface area contributed by atoms with E-state index >= 15 is 0 Å². The lowest BCUT2D eigenvalue weighted by molar-refractivity contribution is -0.127. The first kappa shape index (κ1) is 15.2. The summed E-state index contributed by atoms with van der Waals surface area (Å²) in [4.78, 5) is 22.4. The summed E-state index contributed by atoms with van der Waals surface area (Å²) in [5.74, 6) is 0.595. The summed E-state index contributed by atoms with van der Waals surface area (Å²) in [5.41, 5.74) is 0.411. The van der Waals surface area contributed by atoms with E-state index in [1.165, 1.54) is 26.2 Å². The molecule has 1 N–H and O–H groups in total. The zero-order chi connectivity index (χ0) is 13.8. The van der Waals surface area contributed by atoms with Crippen molar-refractivity contribution < 1.29 is 9.59 Å². The molecule has 1 rings (SSSR count). The fraction of sp³-hybridized carbons (Fsp3) is 0.867. The van der Waals surface area contributed by atoms with Gasteiger partial charge in [0.05, 0.1) is 6.42 Å². The van der Waals surface area contributed by atoms with E-state index in [2.05, 4.69) is 26.1 Å². The summed E-state index contributed by atoms with van der Waals surface area (Å²) in [6.07, 6.45) is 5.71. The van der Waals surface area contributed by atoms with Gasteiger partial charge in [-0.3, -0.25) is 9.59 Å². The van der Waals surface area contributed by atoms with Gasteiger partial charge in [-0.15, -0.1) is 0 Å². The van der Waals surface area contributed by atoms with E-state index in [1.807, 2.05) is 0 Å². The molecule has 1 aliphatic carbocycles. The van der Waals surface area contributed by atoms with E-state index in [1.54, 1.807) is 0 Å². The van der Waals surface area contributed by atoms with Crippen LogP contribution in [-0.4, -0.2) is 17.7 Å². The number of ketones is 1. The minimum atomic E-state index is -0.110. The summed E-state index contributed by atoms with van der Waals surface area (Å²) >= 11 is 0. The largest absolute Gasteiger partial charge is 0.353 e. The van der Waals surface area contributed by atoms with E-state index in [9.17, 15) is 9.59 Å². The lowest BCUT2D eigenvalue weighted by Gasteiger charge is -2.39. The molecule has 18 heavy (non-hydrogen) atoms. The van der Waals surface area contributed by atoms with Gasteiger partial charge in [0, 0.05) is 6.04 Å². The standard InChI is InChI=1S/C15H27NO2/c1-5-15(3,4)12-6-8-13(9-7-12)16-14(18)10-11(2)17/h12-13H,5-10H2,1-4H3,(H,16,18). The number of hydrogen-bond acceptors (Lipinski definition) is 2. The van der Waals surface area contributed by atoms with Crippen molar-refractivity contribution in [1.29, 1.82) is 0 Å². The van der Waals surface area contributed by atoms with Crippen LogP contribution in [0.15, 0.2) is 0 Å². The second kappa shape index (κ2) is 6.35. The molecule has 3 heteroatoms. The fourth-order valence-corrected chi connectivity index (χ4v) is 2.81. The minimum Gasteiger partial charge on any atom is -0.353 e. The summed E-state index contributed by atoms with van der Waals surface area (Å²) in [6.45, 7) is 8.39. The Hall–Kier alpha value is -0.860. The molecule has 0 aromatic rings. The monoisotopic (exact) mass is 253 g/mol. The lowest BCUT2D eigenvalue weighted by atomic mass is 9.69. The Morgan fingerprint density at radius 1 is 1.17 bits per heavy atom. The van der Waals surface area contributed by atoms with Crippen LogP contribution in [0, 0.1) is 11.3 Å². The highest BCUT2D eigenvalue weighted by Gasteiger charge is 2.32. The molecule has 3 nitrogen and oxygen atoms in total. The van der Waals surface area contributed by atoms with Gasteiger partial charge in [-0.25, -0.2) is 0 Å². The van der Waals surface area contributed by atoms with Crippen molar-refractivity contribution in [2.45, 2.75) is 72.3 Å². The van der Waals surface area contributed by atoms with E-state index in [0.29, 0.717) is 5.41 Å². The molecule has 0 spiro atoms. The molecule has 0 atom stereocenters. The number of rotatable bonds is 5. The molecular formula is C15H27NO2. The summed E-state index contributed by atoms with van der Waals surface area (Å²) in [7, 11) is 0. The average Bonchev–Trinajstić information content (AvgIpc) is 2.28. The smallest absolute Gasteiger partial charge is 0.227 e. The van der Waals surface area contributed by atoms with Crippen LogP contribution < -0.4 is 5.32 Å². The molecule has 1 amide bonds. The van der Waals surface area contributed by atoms with Gasteiger partial charge in [0.1, 0.15) is 5.78 Å². The Labute approximate surface area is 111 Å². The van der Waals surface area contributed by atoms with Crippen molar-refractivity contribution in [2.75, 3.05) is 0 Å². The molecule has 104 valence electrons. The highest BCUT2D eigenvalue weighted by Crippen LogP contribution is 2.40. The third-order valence-electron chi connectivity index (χ3n) is 4.52. The fourth-order valence-electron chi connectivity index (χ4n) is 2.81. The van der Waals surface area contributed by atoms with Crippen LogP contribution in [0.1, 0.15) is 66.2 Å². The minimum absolute atomic E-state index is 0.0282. The molecule has 1 aliphatic rings. The Morgan fingerprint density at radius 2 is 1.72 bits per heavy atom. The zero-order valence-corrected chi connectivity index (χ0v) is 12.2. The number of amides is 1. The number of hydrogen-bond donors (Lipinski definition) is 1. The van der Waals surface area contributed by atoms with Crippen molar-refractivity contribution in [3.05, 3.63) is 0 Å². The van der Waals surface area contributed by atoms with Crippen molar-refractivity contribution in [2.24, 2.45) is 11.3 Å². The van der Waals surface area contributed by atoms with Crippen LogP contribution in [0.3, 0.4) is 0 Å². The maximum atomic E-state index is 11.5. The quantitative estimate of drug-likeness (QED) is 0.765. The van der Waals surface area contributed by atoms with Crippen molar-refractivity contribution in [1.82, 2.24) is 5.32 Å². The van der Waals surface area contributed by atoms with Crippen molar-refractivity contribution in [3.8, 4) is 0 Å². The van der Waals surface area contributed by atoms with Gasteiger partial charge >= 0.3 is 0 Å². The third kappa shape index (κ3) is 4.43. The molecule has 0 aromatic heterocycles. The van der Waals surface area contributed by atoms with E-state index in [-0.39, 0.29) is 24.2 Å². The van der Waals surface area contributed by atoms with E-state index in [0.717, 1.165) is 18.8 Å². The highest BCUT2D eigenvalue weighted by molar-refractivity contribution is 5.96. The number of carbonyl (C=O) groups excluding carboxylic acids is 2. The second-order valence-electron chi connectivity index (χ2n) is 6.34. The first-order chi connectivity index (χ1) is 8.35. The Bertz CT molecular complexity index is 302. The predicted octanol–water partition coefficient (Wildman–Crippen LogP) is 3.08. The summed E-state index contributed by atoms with van der Waals surface area (Å²) in [5, 5.41) is 2.98. The molecule has 1 fully saturated rings. The van der Waals surface area contributed by atoms with Gasteiger partial charge in [0.2, 0.25) is 5.91 Å². The average molecular weight is 253 g/mol. The molecule has 1 saturated carbocycles. The van der Waals surface area contributed by atoms with Crippen LogP contribution in [-0.2, 0) is 9.59 Å². The van der Waals surface area contributed by atoms with Gasteiger partial charge in [-0.05, 0) is 43.9 Å². The summed E-state index contributed by atoms with van der Waals surface area (Å²) < 4.78 is 0. The molecule has 0 heterocycles. The number of Topliss-reactive ketones (excluding diaryl/α,β-unsaturated/α-hetero) is 1. The first-order valence-corrected chi connectivity index (χ1v) is 7.14. The van der Waals surface area contributed by atoms with Crippen LogP contribution >= 0.6 is 0 Å². The van der Waals surface area contributed by atoms with Gasteiger partial charge in [0.15, 0.2) is 0 Å². The van der Waals surface area contributed by atoms with Gasteiger partial charge < -0.3 is 5.32 Å². The predicted molar refractivity (Wildman–Crippen MR) is 73.3 cm³/mol. The Balaban J connectivity index is 2.36. The van der Waals surface area contributed by atoms with Gasteiger partial charge in [0.25, 0.3) is 0 Å². The topological polar surface area (TPSA) is 46.2 Å². The molecular weight excluding hydrogens is 226 g/mol. The lowest BCUT2D eigenvalue weighted by Crippen LogP contribution is -2.40. The number of nitrogens with one attached hydrogen (secondary N) is 1. The molecule has 0 saturated heterocycles. The van der Waals surface area contributed by atoms with Gasteiger partial charge in [-0.2, -0.15) is 0 Å². The first-order valence-electron chi connectivity index (χ1n) is 7.14. The Morgan fingerprint density at radius 3 is 2.17 bits per heavy atom. The molecule has 0 unspecified atom stereocenters.